The summed E-state index contributed by atoms with van der Waals surface area (Å²) in [4.78, 5) is 4.05. The molecule has 0 amide bonds. The summed E-state index contributed by atoms with van der Waals surface area (Å²) in [5.41, 5.74) is 0. The van der Waals surface area contributed by atoms with Crippen LogP contribution in [0.25, 0.3) is 0 Å². The minimum atomic E-state index is 0.519. The van der Waals surface area contributed by atoms with Crippen LogP contribution < -0.4 is 5.32 Å². The molecule has 1 aromatic heterocycles. The lowest BCUT2D eigenvalue weighted by Gasteiger charge is -2.22. The summed E-state index contributed by atoms with van der Waals surface area (Å²) in [6, 6.07) is 1.21. The number of imidazole rings is 1. The molecule has 0 bridgehead atoms. The van der Waals surface area contributed by atoms with E-state index in [1.807, 2.05) is 18.7 Å². The first-order valence-corrected chi connectivity index (χ1v) is 6.64. The number of nitrogens with one attached hydrogen (secondary N) is 1. The largest absolute Gasteiger partial charge is 0.336 e. The van der Waals surface area contributed by atoms with Crippen molar-refractivity contribution >= 4 is 11.8 Å². The van der Waals surface area contributed by atoms with Gasteiger partial charge >= 0.3 is 0 Å². The van der Waals surface area contributed by atoms with Crippen molar-refractivity contribution in [3.63, 3.8) is 0 Å². The zero-order valence-corrected chi connectivity index (χ0v) is 10.2. The third-order valence-corrected chi connectivity index (χ3v) is 4.24. The average molecular weight is 225 g/mol. The molecule has 1 N–H and O–H groups in total. The van der Waals surface area contributed by atoms with Gasteiger partial charge in [0.1, 0.15) is 0 Å². The molecule has 0 aliphatic carbocycles. The molecule has 0 radical (unpaired) electrons. The standard InChI is InChI=1S/C11H19N3S/c1-9(7-14-5-4-12-8-14)13-11-3-6-15-10(11)2/h4-5,8-11,13H,3,6-7H2,1-2H3. The Hall–Kier alpha value is -0.480. The van der Waals surface area contributed by atoms with Gasteiger partial charge in [-0.3, -0.25) is 0 Å². The zero-order valence-electron chi connectivity index (χ0n) is 9.39. The number of rotatable bonds is 4. The molecule has 3 unspecified atom stereocenters. The predicted molar refractivity (Wildman–Crippen MR) is 65.1 cm³/mol. The number of nitrogens with zero attached hydrogens (tertiary/aromatic N) is 2. The third kappa shape index (κ3) is 2.98. The van der Waals surface area contributed by atoms with Crippen LogP contribution >= 0.6 is 11.8 Å². The van der Waals surface area contributed by atoms with Crippen molar-refractivity contribution in [3.05, 3.63) is 18.7 Å². The zero-order chi connectivity index (χ0) is 10.7. The summed E-state index contributed by atoms with van der Waals surface area (Å²) in [5.74, 6) is 1.30. The van der Waals surface area contributed by atoms with Crippen LogP contribution in [-0.2, 0) is 6.54 Å². The Morgan fingerprint density at radius 3 is 3.13 bits per heavy atom. The Labute approximate surface area is 95.7 Å². The lowest BCUT2D eigenvalue weighted by Crippen LogP contribution is -2.41. The minimum Gasteiger partial charge on any atom is -0.336 e. The van der Waals surface area contributed by atoms with E-state index in [1.54, 1.807) is 0 Å². The molecule has 2 rings (SSSR count). The summed E-state index contributed by atoms with van der Waals surface area (Å²) in [5, 5.41) is 4.46. The van der Waals surface area contributed by atoms with Crippen molar-refractivity contribution in [1.29, 1.82) is 0 Å². The van der Waals surface area contributed by atoms with Crippen molar-refractivity contribution in [2.45, 2.75) is 44.1 Å². The highest BCUT2D eigenvalue weighted by Gasteiger charge is 2.24. The smallest absolute Gasteiger partial charge is 0.0946 e. The van der Waals surface area contributed by atoms with Gasteiger partial charge in [0.05, 0.1) is 6.33 Å². The van der Waals surface area contributed by atoms with Crippen LogP contribution in [0.3, 0.4) is 0 Å². The van der Waals surface area contributed by atoms with E-state index >= 15 is 0 Å². The van der Waals surface area contributed by atoms with E-state index in [9.17, 15) is 0 Å². The SMILES string of the molecule is CC(Cn1ccnc1)NC1CCSC1C. The van der Waals surface area contributed by atoms with Crippen LogP contribution in [0.4, 0.5) is 0 Å². The van der Waals surface area contributed by atoms with E-state index in [1.165, 1.54) is 12.2 Å². The number of hydrogen-bond acceptors (Lipinski definition) is 3. The molecule has 1 aromatic rings. The van der Waals surface area contributed by atoms with Crippen LogP contribution in [0.2, 0.25) is 0 Å². The molecule has 0 saturated carbocycles. The van der Waals surface area contributed by atoms with E-state index in [0.717, 1.165) is 11.8 Å². The molecule has 1 aliphatic rings. The topological polar surface area (TPSA) is 29.9 Å². The monoisotopic (exact) mass is 225 g/mol. The van der Waals surface area contributed by atoms with Crippen LogP contribution in [0.15, 0.2) is 18.7 Å². The summed E-state index contributed by atoms with van der Waals surface area (Å²) in [7, 11) is 0. The van der Waals surface area contributed by atoms with Crippen molar-refractivity contribution in [2.24, 2.45) is 0 Å². The molecule has 1 aliphatic heterocycles. The highest BCUT2D eigenvalue weighted by atomic mass is 32.2. The van der Waals surface area contributed by atoms with Crippen molar-refractivity contribution in [2.75, 3.05) is 5.75 Å². The van der Waals surface area contributed by atoms with Gasteiger partial charge in [0, 0.05) is 36.3 Å². The number of hydrogen-bond donors (Lipinski definition) is 1. The quantitative estimate of drug-likeness (QED) is 0.847. The molecule has 1 saturated heterocycles. The van der Waals surface area contributed by atoms with Crippen molar-refractivity contribution in [1.82, 2.24) is 14.9 Å². The maximum atomic E-state index is 4.05. The molecule has 15 heavy (non-hydrogen) atoms. The fraction of sp³-hybridized carbons (Fsp3) is 0.727. The van der Waals surface area contributed by atoms with Gasteiger partial charge in [-0.2, -0.15) is 11.8 Å². The maximum absolute atomic E-state index is 4.05. The second-order valence-electron chi connectivity index (χ2n) is 4.30. The van der Waals surface area contributed by atoms with E-state index in [2.05, 4.69) is 40.5 Å². The first-order valence-electron chi connectivity index (χ1n) is 5.59. The molecular formula is C11H19N3S. The Balaban J connectivity index is 1.79. The molecule has 0 aromatic carbocycles. The highest BCUT2D eigenvalue weighted by Crippen LogP contribution is 2.26. The second kappa shape index (κ2) is 5.03. The predicted octanol–water partition coefficient (Wildman–Crippen LogP) is 1.76. The Kier molecular flexibility index (Phi) is 3.70. The fourth-order valence-electron chi connectivity index (χ4n) is 2.08. The summed E-state index contributed by atoms with van der Waals surface area (Å²) in [6.45, 7) is 5.57. The molecular weight excluding hydrogens is 206 g/mol. The lowest BCUT2D eigenvalue weighted by molar-refractivity contribution is 0.406. The summed E-state index contributed by atoms with van der Waals surface area (Å²) < 4.78 is 2.13. The second-order valence-corrected chi connectivity index (χ2v) is 5.78. The fourth-order valence-corrected chi connectivity index (χ4v) is 3.29. The van der Waals surface area contributed by atoms with Gasteiger partial charge in [-0.05, 0) is 19.1 Å². The Morgan fingerprint density at radius 1 is 1.67 bits per heavy atom. The van der Waals surface area contributed by atoms with Gasteiger partial charge in [0.15, 0.2) is 0 Å². The normalized spacial score (nSPS) is 28.1. The van der Waals surface area contributed by atoms with E-state index in [-0.39, 0.29) is 0 Å². The highest BCUT2D eigenvalue weighted by molar-refractivity contribution is 8.00. The van der Waals surface area contributed by atoms with E-state index in [4.69, 9.17) is 0 Å². The third-order valence-electron chi connectivity index (χ3n) is 2.92. The first-order chi connectivity index (χ1) is 7.25. The van der Waals surface area contributed by atoms with Crippen molar-refractivity contribution < 1.29 is 0 Å². The van der Waals surface area contributed by atoms with Crippen LogP contribution in [0.5, 0.6) is 0 Å². The molecule has 0 spiro atoms. The molecule has 1 fully saturated rings. The molecule has 4 heteroatoms. The van der Waals surface area contributed by atoms with Crippen LogP contribution in [-0.4, -0.2) is 32.6 Å². The summed E-state index contributed by atoms with van der Waals surface area (Å²) in [6.07, 6.45) is 7.04. The van der Waals surface area contributed by atoms with Gasteiger partial charge in [-0.15, -0.1) is 0 Å². The van der Waals surface area contributed by atoms with Gasteiger partial charge in [-0.25, -0.2) is 4.98 Å². The summed E-state index contributed by atoms with van der Waals surface area (Å²) >= 11 is 2.07. The van der Waals surface area contributed by atoms with Gasteiger partial charge in [0.2, 0.25) is 0 Å². The molecule has 2 heterocycles. The molecule has 3 atom stereocenters. The number of aromatic nitrogens is 2. The minimum absolute atomic E-state index is 0.519. The van der Waals surface area contributed by atoms with Crippen LogP contribution in [0.1, 0.15) is 20.3 Å². The molecule has 3 nitrogen and oxygen atoms in total. The number of thioether (sulfide) groups is 1. The Morgan fingerprint density at radius 2 is 2.53 bits per heavy atom. The maximum Gasteiger partial charge on any atom is 0.0946 e. The first kappa shape index (κ1) is 11.0. The molecule has 84 valence electrons. The Bertz CT molecular complexity index is 286. The van der Waals surface area contributed by atoms with E-state index in [0.29, 0.717) is 12.1 Å². The van der Waals surface area contributed by atoms with Gasteiger partial charge in [0.25, 0.3) is 0 Å². The average Bonchev–Trinajstić information content (AvgIpc) is 2.79. The lowest BCUT2D eigenvalue weighted by atomic mass is 10.1. The van der Waals surface area contributed by atoms with Crippen molar-refractivity contribution in [3.8, 4) is 0 Å². The van der Waals surface area contributed by atoms with Gasteiger partial charge < -0.3 is 9.88 Å². The van der Waals surface area contributed by atoms with Gasteiger partial charge in [-0.1, -0.05) is 6.92 Å². The van der Waals surface area contributed by atoms with Crippen LogP contribution in [0, 0.1) is 0 Å². The van der Waals surface area contributed by atoms with E-state index < -0.39 is 0 Å².